The van der Waals surface area contributed by atoms with Crippen LogP contribution in [0.2, 0.25) is 0 Å². The summed E-state index contributed by atoms with van der Waals surface area (Å²) >= 11 is 0. The van der Waals surface area contributed by atoms with Gasteiger partial charge in [0.05, 0.1) is 7.11 Å². The van der Waals surface area contributed by atoms with E-state index in [2.05, 4.69) is 35.4 Å². The van der Waals surface area contributed by atoms with Gasteiger partial charge in [0.25, 0.3) is 0 Å². The van der Waals surface area contributed by atoms with Crippen LogP contribution < -0.4 is 5.32 Å². The molecule has 4 rings (SSSR count). The number of rotatable bonds is 3. The van der Waals surface area contributed by atoms with Crippen molar-refractivity contribution < 1.29 is 14.6 Å². The lowest BCUT2D eigenvalue weighted by Crippen LogP contribution is -2.57. The van der Waals surface area contributed by atoms with Crippen LogP contribution in [-0.2, 0) is 21.4 Å². The van der Waals surface area contributed by atoms with Gasteiger partial charge in [-0.2, -0.15) is 0 Å². The smallest absolute Gasteiger partial charge is 0.319 e. The Bertz CT molecular complexity index is 869. The van der Waals surface area contributed by atoms with Gasteiger partial charge in [-0.25, -0.2) is 0 Å². The quantitative estimate of drug-likeness (QED) is 0.585. The fourth-order valence-electron chi connectivity index (χ4n) is 4.96. The van der Waals surface area contributed by atoms with E-state index in [1.54, 1.807) is 0 Å². The normalized spacial score (nSPS) is 28.0. The van der Waals surface area contributed by atoms with Crippen LogP contribution in [0.25, 0.3) is 10.9 Å². The molecule has 0 fully saturated rings. The molecule has 2 heterocycles. The van der Waals surface area contributed by atoms with E-state index < -0.39 is 5.41 Å². The second-order valence-electron chi connectivity index (χ2n) is 7.37. The maximum atomic E-state index is 13.2. The number of nitrogens with one attached hydrogen (secondary N) is 2. The van der Waals surface area contributed by atoms with Gasteiger partial charge in [-0.3, -0.25) is 4.79 Å². The predicted octanol–water partition coefficient (Wildman–Crippen LogP) is 2.44. The molecule has 0 spiro atoms. The van der Waals surface area contributed by atoms with Crippen molar-refractivity contribution in [1.29, 1.82) is 0 Å². The highest BCUT2D eigenvalue weighted by molar-refractivity contribution is 5.92. The highest BCUT2D eigenvalue weighted by atomic mass is 16.5. The summed E-state index contributed by atoms with van der Waals surface area (Å²) in [5, 5.41) is 14.7. The molecule has 1 aromatic carbocycles. The minimum Gasteiger partial charge on any atom is -0.468 e. The van der Waals surface area contributed by atoms with Crippen molar-refractivity contribution in [2.45, 2.75) is 37.6 Å². The van der Waals surface area contributed by atoms with Crippen molar-refractivity contribution in [3.63, 3.8) is 0 Å². The highest BCUT2D eigenvalue weighted by Gasteiger charge is 2.55. The van der Waals surface area contributed by atoms with Crippen LogP contribution in [-0.4, -0.2) is 42.4 Å². The summed E-state index contributed by atoms with van der Waals surface area (Å²) in [6.07, 6.45) is 4.38. The maximum Gasteiger partial charge on any atom is 0.319 e. The average molecular weight is 354 g/mol. The molecule has 1 aliphatic carbocycles. The Morgan fingerprint density at radius 1 is 1.38 bits per heavy atom. The van der Waals surface area contributed by atoms with Gasteiger partial charge < -0.3 is 20.1 Å². The van der Waals surface area contributed by atoms with Crippen molar-refractivity contribution >= 4 is 16.9 Å². The van der Waals surface area contributed by atoms with Crippen LogP contribution >= 0.6 is 0 Å². The number of aliphatic hydroxyl groups is 1. The van der Waals surface area contributed by atoms with Gasteiger partial charge in [0, 0.05) is 35.2 Å². The molecule has 138 valence electrons. The zero-order valence-electron chi connectivity index (χ0n) is 15.3. The number of carbonyl (C=O) groups is 1. The lowest BCUT2D eigenvalue weighted by molar-refractivity contribution is -0.150. The van der Waals surface area contributed by atoms with Crippen LogP contribution in [0.15, 0.2) is 35.9 Å². The summed E-state index contributed by atoms with van der Waals surface area (Å²) in [6, 6.07) is 8.09. The van der Waals surface area contributed by atoms with E-state index in [0.717, 1.165) is 30.6 Å². The van der Waals surface area contributed by atoms with E-state index in [4.69, 9.17) is 4.74 Å². The maximum absolute atomic E-state index is 13.2. The molecule has 2 aliphatic rings. The van der Waals surface area contributed by atoms with E-state index in [1.165, 1.54) is 23.6 Å². The number of H-pyrrole nitrogens is 1. The molecule has 0 saturated carbocycles. The highest BCUT2D eigenvalue weighted by Crippen LogP contribution is 2.47. The molecule has 26 heavy (non-hydrogen) atoms. The molecular weight excluding hydrogens is 328 g/mol. The van der Waals surface area contributed by atoms with Gasteiger partial charge in [0.2, 0.25) is 0 Å². The number of ether oxygens (including phenoxy) is 1. The molecule has 0 bridgehead atoms. The third kappa shape index (κ3) is 2.34. The number of aromatic amines is 1. The summed E-state index contributed by atoms with van der Waals surface area (Å²) in [7, 11) is 1.46. The first kappa shape index (κ1) is 17.3. The molecule has 0 saturated heterocycles. The summed E-state index contributed by atoms with van der Waals surface area (Å²) in [5.74, 6) is -0.290. The number of carbonyl (C=O) groups excluding carboxylic acids is 1. The Morgan fingerprint density at radius 3 is 2.92 bits per heavy atom. The van der Waals surface area contributed by atoms with E-state index in [9.17, 15) is 9.90 Å². The topological polar surface area (TPSA) is 74.3 Å². The van der Waals surface area contributed by atoms with Crippen molar-refractivity contribution in [2.24, 2.45) is 5.92 Å². The average Bonchev–Trinajstić information content (AvgIpc) is 2.97. The molecule has 3 atom stereocenters. The molecule has 3 N–H and O–H groups in total. The van der Waals surface area contributed by atoms with Crippen molar-refractivity contribution in [1.82, 2.24) is 10.3 Å². The fraction of sp³-hybridized carbons (Fsp3) is 0.476. The summed E-state index contributed by atoms with van der Waals surface area (Å²) in [6.45, 7) is 2.94. The van der Waals surface area contributed by atoms with Crippen molar-refractivity contribution in [2.75, 3.05) is 20.3 Å². The molecule has 2 aromatic rings. The molecule has 5 heteroatoms. The fourth-order valence-corrected chi connectivity index (χ4v) is 4.96. The van der Waals surface area contributed by atoms with Crippen LogP contribution in [0.4, 0.5) is 0 Å². The number of benzene rings is 1. The largest absolute Gasteiger partial charge is 0.468 e. The van der Waals surface area contributed by atoms with Gasteiger partial charge >= 0.3 is 5.97 Å². The Labute approximate surface area is 153 Å². The second-order valence-corrected chi connectivity index (χ2v) is 7.37. The number of hydrogen-bond donors (Lipinski definition) is 3. The number of fused-ring (bicyclic) bond motifs is 5. The third-order valence-corrected chi connectivity index (χ3v) is 6.07. The van der Waals surface area contributed by atoms with E-state index >= 15 is 0 Å². The Morgan fingerprint density at radius 2 is 2.19 bits per heavy atom. The second kappa shape index (κ2) is 6.56. The molecule has 0 unspecified atom stereocenters. The molecule has 5 nitrogen and oxygen atoms in total. The zero-order valence-corrected chi connectivity index (χ0v) is 15.3. The zero-order chi connectivity index (χ0) is 18.3. The summed E-state index contributed by atoms with van der Waals surface area (Å²) < 4.78 is 5.34. The van der Waals surface area contributed by atoms with Crippen LogP contribution in [0.3, 0.4) is 0 Å². The standard InChI is InChI=1S/C21H26N2O3/c1-3-14-10-13(12-24)11-21(20(25)26-2)18(14)22-9-8-16-15-6-4-5-7-17(15)23-19(16)21/h4-7,10,13,18,22-24H,3,8-9,11-12H2,1-2H3/t13-,18-,21-/m1/s1. The molecule has 0 radical (unpaired) electrons. The Hall–Kier alpha value is -2.11. The first-order valence-corrected chi connectivity index (χ1v) is 9.39. The number of hydrogen-bond acceptors (Lipinski definition) is 4. The van der Waals surface area contributed by atoms with Gasteiger partial charge in [0.1, 0.15) is 5.41 Å². The predicted molar refractivity (Wildman–Crippen MR) is 101 cm³/mol. The Kier molecular flexibility index (Phi) is 4.37. The molecule has 1 aliphatic heterocycles. The minimum atomic E-state index is -0.840. The van der Waals surface area contributed by atoms with E-state index in [-0.39, 0.29) is 24.5 Å². The number of methoxy groups -OCH3 is 1. The lowest BCUT2D eigenvalue weighted by Gasteiger charge is -2.43. The molecular formula is C21H26N2O3. The van der Waals surface area contributed by atoms with E-state index in [0.29, 0.717) is 6.42 Å². The first-order valence-electron chi connectivity index (χ1n) is 9.39. The molecule has 1 aromatic heterocycles. The van der Waals surface area contributed by atoms with Gasteiger partial charge in [0.15, 0.2) is 0 Å². The van der Waals surface area contributed by atoms with Crippen LogP contribution in [0.1, 0.15) is 31.0 Å². The van der Waals surface area contributed by atoms with Gasteiger partial charge in [-0.1, -0.05) is 36.8 Å². The Balaban J connectivity index is 2.02. The third-order valence-electron chi connectivity index (χ3n) is 6.07. The van der Waals surface area contributed by atoms with Crippen molar-refractivity contribution in [3.8, 4) is 0 Å². The summed E-state index contributed by atoms with van der Waals surface area (Å²) in [4.78, 5) is 16.8. The monoisotopic (exact) mass is 354 g/mol. The molecule has 0 amide bonds. The number of aliphatic hydroxyl groups excluding tert-OH is 1. The summed E-state index contributed by atoms with van der Waals surface area (Å²) in [5.41, 5.74) is 3.53. The van der Waals surface area contributed by atoms with Crippen molar-refractivity contribution in [3.05, 3.63) is 47.2 Å². The number of aromatic nitrogens is 1. The van der Waals surface area contributed by atoms with Crippen LogP contribution in [0, 0.1) is 5.92 Å². The van der Waals surface area contributed by atoms with Crippen LogP contribution in [0.5, 0.6) is 0 Å². The number of para-hydroxylation sites is 1. The van der Waals surface area contributed by atoms with E-state index in [1.807, 2.05) is 12.1 Å². The van der Waals surface area contributed by atoms with Gasteiger partial charge in [-0.15, -0.1) is 0 Å². The minimum absolute atomic E-state index is 0.0323. The van der Waals surface area contributed by atoms with Gasteiger partial charge in [-0.05, 0) is 37.4 Å². The number of esters is 1. The SMILES string of the molecule is CCC1=C[C@@H](CO)C[C@]2(C(=O)OC)c3[nH]c4ccccc4c3CCN[C@H]12. The first-order chi connectivity index (χ1) is 12.7. The lowest BCUT2D eigenvalue weighted by atomic mass is 9.64.